The number of carbonyl (C=O) groups is 2. The van der Waals surface area contributed by atoms with Gasteiger partial charge in [-0.2, -0.15) is 0 Å². The summed E-state index contributed by atoms with van der Waals surface area (Å²) in [6, 6.07) is 15.4. The Morgan fingerprint density at radius 2 is 1.43 bits per heavy atom. The molecule has 10 nitrogen and oxygen atoms in total. The second kappa shape index (κ2) is 14.2. The van der Waals surface area contributed by atoms with E-state index >= 15 is 0 Å². The van der Waals surface area contributed by atoms with Crippen molar-refractivity contribution in [3.05, 3.63) is 86.7 Å². The Kier molecular flexibility index (Phi) is 9.65. The van der Waals surface area contributed by atoms with Gasteiger partial charge in [-0.15, -0.1) is 20.4 Å². The van der Waals surface area contributed by atoms with Crippen LogP contribution >= 0.6 is 22.7 Å². The van der Waals surface area contributed by atoms with Crippen LogP contribution in [0.1, 0.15) is 83.0 Å². The van der Waals surface area contributed by atoms with E-state index in [0.717, 1.165) is 59.9 Å². The van der Waals surface area contributed by atoms with Crippen molar-refractivity contribution in [2.45, 2.75) is 69.1 Å². The lowest BCUT2D eigenvalue weighted by atomic mass is 9.82. The minimum atomic E-state index is -0.186. The number of benzene rings is 2. The molecule has 2 amide bonds. The zero-order valence-electron chi connectivity index (χ0n) is 24.3. The molecule has 2 aliphatic rings. The standard InChI is InChI=1S/C32H34N8O2S2/c1-33-26-12-3-7-21(15-26)17-28(42)36-32-40-38-30(44-32)24-10-4-9-23(18-24)29-37-39-31(43-29)35-27(41)16-20-6-2-8-22(14-20)25-11-5-13-34-19-25/h2-3,6-8,12,14-15,23-25,34H,4-5,9-11,13,16-19H2,(H,35,39,41)(H,36,40,42)/t23-,24-,25?/m0/s1. The zero-order chi connectivity index (χ0) is 30.3. The number of aromatic nitrogens is 4. The van der Waals surface area contributed by atoms with Gasteiger partial charge >= 0.3 is 0 Å². The first-order valence-corrected chi connectivity index (χ1v) is 16.7. The molecule has 2 aromatic carbocycles. The monoisotopic (exact) mass is 626 g/mol. The first-order valence-electron chi connectivity index (χ1n) is 15.0. The van der Waals surface area contributed by atoms with E-state index in [9.17, 15) is 9.59 Å². The summed E-state index contributed by atoms with van der Waals surface area (Å²) in [5.74, 6) is 0.683. The Hall–Kier alpha value is -4.05. The van der Waals surface area contributed by atoms with Crippen LogP contribution in [0.2, 0.25) is 0 Å². The number of carbonyl (C=O) groups excluding carboxylic acids is 2. The minimum Gasteiger partial charge on any atom is -0.316 e. The highest BCUT2D eigenvalue weighted by atomic mass is 32.1. The van der Waals surface area contributed by atoms with E-state index in [1.54, 1.807) is 18.2 Å². The summed E-state index contributed by atoms with van der Waals surface area (Å²) in [5.41, 5.74) is 3.59. The zero-order valence-corrected chi connectivity index (χ0v) is 25.9. The van der Waals surface area contributed by atoms with E-state index in [4.69, 9.17) is 6.57 Å². The number of nitrogens with one attached hydrogen (secondary N) is 3. The summed E-state index contributed by atoms with van der Waals surface area (Å²) in [6.07, 6.45) is 6.74. The van der Waals surface area contributed by atoms with Gasteiger partial charge in [0.1, 0.15) is 10.0 Å². The van der Waals surface area contributed by atoms with Gasteiger partial charge in [0, 0.05) is 18.4 Å². The van der Waals surface area contributed by atoms with Crippen molar-refractivity contribution in [3.8, 4) is 0 Å². The fourth-order valence-electron chi connectivity index (χ4n) is 6.07. The topological polar surface area (TPSA) is 126 Å². The molecule has 1 aliphatic carbocycles. The SMILES string of the molecule is [C-]#[N+]c1cccc(CC(=O)Nc2nnc([C@H]3CCC[C@H](c4nnc(NC(=O)Cc5cccc(C6CCCNC6)c5)s4)C3)s2)c1. The number of piperidine rings is 1. The predicted molar refractivity (Wildman–Crippen MR) is 172 cm³/mol. The van der Waals surface area contributed by atoms with Crippen molar-refractivity contribution < 1.29 is 9.59 Å². The summed E-state index contributed by atoms with van der Waals surface area (Å²) in [6.45, 7) is 9.22. The van der Waals surface area contributed by atoms with Crippen LogP contribution in [0.4, 0.5) is 16.0 Å². The Morgan fingerprint density at radius 1 is 0.818 bits per heavy atom. The first kappa shape index (κ1) is 30.0. The highest BCUT2D eigenvalue weighted by molar-refractivity contribution is 7.15. The van der Waals surface area contributed by atoms with Crippen LogP contribution in [0.15, 0.2) is 48.5 Å². The van der Waals surface area contributed by atoms with Crippen LogP contribution in [-0.4, -0.2) is 45.3 Å². The lowest BCUT2D eigenvalue weighted by Crippen LogP contribution is -2.28. The fourth-order valence-corrected chi connectivity index (χ4v) is 7.88. The Bertz CT molecular complexity index is 1660. The average Bonchev–Trinajstić information content (AvgIpc) is 3.72. The molecule has 4 aromatic rings. The molecule has 1 unspecified atom stereocenters. The number of hydrogen-bond acceptors (Lipinski definition) is 9. The van der Waals surface area contributed by atoms with Crippen molar-refractivity contribution in [1.82, 2.24) is 25.7 Å². The molecule has 3 N–H and O–H groups in total. The van der Waals surface area contributed by atoms with Gasteiger partial charge in [0.2, 0.25) is 22.1 Å². The lowest BCUT2D eigenvalue weighted by Gasteiger charge is -2.25. The molecule has 44 heavy (non-hydrogen) atoms. The van der Waals surface area contributed by atoms with Gasteiger partial charge in [-0.25, -0.2) is 4.85 Å². The van der Waals surface area contributed by atoms with Crippen LogP contribution in [-0.2, 0) is 22.4 Å². The van der Waals surface area contributed by atoms with Crippen molar-refractivity contribution in [2.24, 2.45) is 0 Å². The van der Waals surface area contributed by atoms with Crippen LogP contribution < -0.4 is 16.0 Å². The third-order valence-corrected chi connectivity index (χ3v) is 10.2. The third kappa shape index (κ3) is 7.72. The van der Waals surface area contributed by atoms with E-state index in [0.29, 0.717) is 28.3 Å². The predicted octanol–water partition coefficient (Wildman–Crippen LogP) is 6.21. The molecule has 2 fully saturated rings. The van der Waals surface area contributed by atoms with Gasteiger partial charge < -0.3 is 16.0 Å². The highest BCUT2D eigenvalue weighted by Gasteiger charge is 2.29. The van der Waals surface area contributed by atoms with Crippen molar-refractivity contribution >= 4 is 50.4 Å². The van der Waals surface area contributed by atoms with Crippen molar-refractivity contribution in [2.75, 3.05) is 23.7 Å². The summed E-state index contributed by atoms with van der Waals surface area (Å²) in [4.78, 5) is 28.9. The Labute approximate surface area is 264 Å². The molecular weight excluding hydrogens is 593 g/mol. The molecule has 0 bridgehead atoms. The molecular formula is C32H34N8O2S2. The van der Waals surface area contributed by atoms with Gasteiger partial charge in [0.05, 0.1) is 19.4 Å². The first-order chi connectivity index (χ1) is 21.5. The van der Waals surface area contributed by atoms with Crippen LogP contribution in [0.5, 0.6) is 0 Å². The maximum atomic E-state index is 12.9. The summed E-state index contributed by atoms with van der Waals surface area (Å²) in [5, 5.41) is 29.5. The van der Waals surface area contributed by atoms with Crippen LogP contribution in [0.25, 0.3) is 4.85 Å². The largest absolute Gasteiger partial charge is 0.316 e. The van der Waals surface area contributed by atoms with E-state index in [1.165, 1.54) is 41.1 Å². The van der Waals surface area contributed by atoms with Gasteiger partial charge in [-0.3, -0.25) is 9.59 Å². The Morgan fingerprint density at radius 3 is 2.05 bits per heavy atom. The fraction of sp³-hybridized carbons (Fsp3) is 0.406. The quantitative estimate of drug-likeness (QED) is 0.189. The molecule has 1 saturated carbocycles. The molecule has 1 aliphatic heterocycles. The molecule has 3 heterocycles. The molecule has 0 radical (unpaired) electrons. The number of amides is 2. The molecule has 12 heteroatoms. The third-order valence-electron chi connectivity index (χ3n) is 8.23. The second-order valence-electron chi connectivity index (χ2n) is 11.5. The van der Waals surface area contributed by atoms with Crippen LogP contribution in [0, 0.1) is 6.57 Å². The molecule has 3 atom stereocenters. The molecule has 6 rings (SSSR count). The number of nitrogens with zero attached hydrogens (tertiary/aromatic N) is 5. The molecule has 1 saturated heterocycles. The summed E-state index contributed by atoms with van der Waals surface area (Å²) < 4.78 is 0. The van der Waals surface area contributed by atoms with Gasteiger partial charge in [-0.05, 0) is 61.3 Å². The summed E-state index contributed by atoms with van der Waals surface area (Å²) in [7, 11) is 0. The highest BCUT2D eigenvalue weighted by Crippen LogP contribution is 2.43. The van der Waals surface area contributed by atoms with Gasteiger partial charge in [0.25, 0.3) is 0 Å². The van der Waals surface area contributed by atoms with Gasteiger partial charge in [-0.1, -0.05) is 77.6 Å². The second-order valence-corrected chi connectivity index (χ2v) is 13.5. The van der Waals surface area contributed by atoms with Crippen LogP contribution in [0.3, 0.4) is 0 Å². The number of hydrogen-bond donors (Lipinski definition) is 3. The normalized spacial score (nSPS) is 20.0. The van der Waals surface area contributed by atoms with E-state index < -0.39 is 0 Å². The van der Waals surface area contributed by atoms with Crippen molar-refractivity contribution in [1.29, 1.82) is 0 Å². The smallest absolute Gasteiger partial charge is 0.230 e. The molecule has 0 spiro atoms. The molecule has 2 aromatic heterocycles. The Balaban J connectivity index is 1.01. The maximum absolute atomic E-state index is 12.9. The van der Waals surface area contributed by atoms with Gasteiger partial charge in [0.15, 0.2) is 5.69 Å². The lowest BCUT2D eigenvalue weighted by molar-refractivity contribution is -0.116. The number of rotatable bonds is 9. The van der Waals surface area contributed by atoms with E-state index in [1.807, 2.05) is 18.2 Å². The maximum Gasteiger partial charge on any atom is 0.230 e. The summed E-state index contributed by atoms with van der Waals surface area (Å²) >= 11 is 2.86. The number of anilines is 2. The molecule has 226 valence electrons. The van der Waals surface area contributed by atoms with E-state index in [2.05, 4.69) is 53.3 Å². The van der Waals surface area contributed by atoms with Crippen molar-refractivity contribution in [3.63, 3.8) is 0 Å². The minimum absolute atomic E-state index is 0.0873. The average molecular weight is 627 g/mol. The van der Waals surface area contributed by atoms with E-state index in [-0.39, 0.29) is 30.1 Å².